The predicted octanol–water partition coefficient (Wildman–Crippen LogP) is 2.74. The first-order chi connectivity index (χ1) is 12.7. The van der Waals surface area contributed by atoms with Gasteiger partial charge in [-0.25, -0.2) is 4.79 Å². The maximum atomic E-state index is 12.9. The number of hydrogen-bond donors (Lipinski definition) is 1. The van der Waals surface area contributed by atoms with E-state index in [2.05, 4.69) is 9.37 Å². The number of H-pyrrole nitrogens is 1. The number of nitrogens with zero attached hydrogens (tertiary/aromatic N) is 2. The summed E-state index contributed by atoms with van der Waals surface area (Å²) in [6.07, 6.45) is -4.48. The molecule has 0 spiro atoms. The lowest BCUT2D eigenvalue weighted by molar-refractivity contribution is -0.288. The van der Waals surface area contributed by atoms with E-state index in [9.17, 15) is 22.8 Å². The van der Waals surface area contributed by atoms with Crippen molar-refractivity contribution in [2.45, 2.75) is 12.7 Å². The second kappa shape index (κ2) is 7.53. The standard InChI is InChI=1S/C17H11ClF3N3O2S/c18-13-6-4-11(5-7-13)14(25)22-16-24(15(26)23-27-16)9-10-2-1-3-12(8-10)17(19,20)21/h1-8,18H,9H2/p+1. The first-order valence-electron chi connectivity index (χ1n) is 7.54. The van der Waals surface area contributed by atoms with E-state index in [4.69, 9.17) is 11.6 Å². The fourth-order valence-electron chi connectivity index (χ4n) is 2.29. The van der Waals surface area contributed by atoms with Gasteiger partial charge in [-0.1, -0.05) is 12.1 Å². The van der Waals surface area contributed by atoms with E-state index < -0.39 is 23.3 Å². The normalized spacial score (nSPS) is 12.4. The summed E-state index contributed by atoms with van der Waals surface area (Å²) in [6, 6.07) is 10.8. The Morgan fingerprint density at radius 1 is 1.19 bits per heavy atom. The molecule has 1 aromatic heterocycles. The highest BCUT2D eigenvalue weighted by Crippen LogP contribution is 2.29. The number of carbonyl (C=O) groups is 1. The molecule has 1 N–H and O–H groups in total. The number of benzene rings is 2. The minimum absolute atomic E-state index is 0.0601. The molecule has 0 fully saturated rings. The summed E-state index contributed by atoms with van der Waals surface area (Å²) >= 11 is 5.78. The van der Waals surface area contributed by atoms with Gasteiger partial charge in [0.05, 0.1) is 12.1 Å². The molecular weight excluding hydrogens is 403 g/mol. The van der Waals surface area contributed by atoms with Gasteiger partial charge in [-0.05, 0) is 41.4 Å². The summed E-state index contributed by atoms with van der Waals surface area (Å²) < 4.78 is 42.1. The maximum Gasteiger partial charge on any atom is 0.416 e. The largest absolute Gasteiger partial charge is 0.416 e. The van der Waals surface area contributed by atoms with Gasteiger partial charge in [0.1, 0.15) is 0 Å². The number of aromatic nitrogens is 2. The zero-order valence-electron chi connectivity index (χ0n) is 13.5. The molecule has 3 aromatic rings. The van der Waals surface area contributed by atoms with Crippen molar-refractivity contribution in [3.05, 3.63) is 85.5 Å². The molecule has 0 aliphatic heterocycles. The number of nitrogens with one attached hydrogen (secondary N) is 1. The highest BCUT2D eigenvalue weighted by Gasteiger charge is 2.30. The molecule has 1 heterocycles. The highest BCUT2D eigenvalue weighted by molar-refractivity contribution is 7.02. The van der Waals surface area contributed by atoms with Crippen molar-refractivity contribution in [1.82, 2.24) is 8.94 Å². The quantitative estimate of drug-likeness (QED) is 0.716. The summed E-state index contributed by atoms with van der Waals surface area (Å²) in [6.45, 7) is -0.153. The third kappa shape index (κ3) is 4.55. The predicted molar refractivity (Wildman–Crippen MR) is 90.4 cm³/mol. The third-order valence-electron chi connectivity index (χ3n) is 3.60. The molecule has 0 aliphatic rings. The Bertz CT molecular complexity index is 1100. The van der Waals surface area contributed by atoms with Crippen molar-refractivity contribution in [1.29, 1.82) is 0 Å². The van der Waals surface area contributed by atoms with E-state index in [0.29, 0.717) is 5.02 Å². The molecule has 5 nitrogen and oxygen atoms in total. The molecule has 0 bridgehead atoms. The molecular formula is C17H12ClF3N3O2S+. The summed E-state index contributed by atoms with van der Waals surface area (Å²) in [5, 5.41) is 0.567. The van der Waals surface area contributed by atoms with Crippen LogP contribution in [0.15, 0.2) is 58.3 Å². The molecule has 27 heavy (non-hydrogen) atoms. The van der Waals surface area contributed by atoms with Crippen LogP contribution in [0.25, 0.3) is 0 Å². The van der Waals surface area contributed by atoms with E-state index in [0.717, 1.165) is 28.2 Å². The van der Waals surface area contributed by atoms with Crippen LogP contribution in [0.2, 0.25) is 5.02 Å². The average Bonchev–Trinajstić information content (AvgIpc) is 2.95. The Labute approximate surface area is 159 Å². The van der Waals surface area contributed by atoms with Gasteiger partial charge >= 0.3 is 11.9 Å². The van der Waals surface area contributed by atoms with Crippen molar-refractivity contribution >= 4 is 17.4 Å². The molecule has 0 radical (unpaired) electrons. The van der Waals surface area contributed by atoms with Crippen molar-refractivity contribution in [3.63, 3.8) is 0 Å². The summed E-state index contributed by atoms with van der Waals surface area (Å²) in [5.74, 6) is -0.585. The van der Waals surface area contributed by atoms with Crippen molar-refractivity contribution in [2.24, 2.45) is 4.99 Å². The molecule has 0 atom stereocenters. The first kappa shape index (κ1) is 19.1. The number of amides is 1. The van der Waals surface area contributed by atoms with E-state index in [1.54, 1.807) is 12.1 Å². The molecule has 0 saturated carbocycles. The molecule has 3 rings (SSSR count). The van der Waals surface area contributed by atoms with Gasteiger partial charge in [-0.15, -0.1) is 0 Å². The van der Waals surface area contributed by atoms with E-state index >= 15 is 0 Å². The second-order valence-electron chi connectivity index (χ2n) is 5.52. The number of aromatic amines is 1. The highest BCUT2D eigenvalue weighted by atomic mass is 35.5. The Morgan fingerprint density at radius 2 is 1.89 bits per heavy atom. The lowest BCUT2D eigenvalue weighted by Gasteiger charge is -2.08. The van der Waals surface area contributed by atoms with E-state index in [1.807, 2.05) is 0 Å². The fourth-order valence-corrected chi connectivity index (χ4v) is 3.10. The maximum absolute atomic E-state index is 12.9. The van der Waals surface area contributed by atoms with Crippen LogP contribution in [-0.2, 0) is 12.7 Å². The molecule has 140 valence electrons. The number of hydrogen-bond acceptors (Lipinski definition) is 3. The second-order valence-corrected chi connectivity index (χ2v) is 6.76. The molecule has 0 aliphatic carbocycles. The SMILES string of the molecule is O=C(N=c1s[nH]c(=O)n1Cc1cccc(C(F)(F)F)c1)c1ccc([ClH+])cc1. The Balaban J connectivity index is 1.95. The number of carbonyl (C=O) groups excluding carboxylic acids is 1. The summed E-state index contributed by atoms with van der Waals surface area (Å²) in [4.78, 5) is 28.2. The topological polar surface area (TPSA) is 67.2 Å². The lowest BCUT2D eigenvalue weighted by Crippen LogP contribution is -2.28. The van der Waals surface area contributed by atoms with Gasteiger partial charge in [-0.3, -0.25) is 13.7 Å². The minimum atomic E-state index is -4.48. The monoisotopic (exact) mass is 414 g/mol. The van der Waals surface area contributed by atoms with E-state index in [-0.39, 0.29) is 22.5 Å². The van der Waals surface area contributed by atoms with Gasteiger partial charge < -0.3 is 0 Å². The van der Waals surface area contributed by atoms with Gasteiger partial charge in [0.2, 0.25) is 9.82 Å². The van der Waals surface area contributed by atoms with E-state index in [1.165, 1.54) is 24.3 Å². The van der Waals surface area contributed by atoms with Crippen LogP contribution in [0.3, 0.4) is 0 Å². The van der Waals surface area contributed by atoms with Crippen molar-refractivity contribution in [2.75, 3.05) is 0 Å². The summed E-state index contributed by atoms with van der Waals surface area (Å²) in [5.41, 5.74) is -0.830. The smallest absolute Gasteiger partial charge is 0.267 e. The zero-order chi connectivity index (χ0) is 19.6. The Kier molecular flexibility index (Phi) is 5.33. The number of alkyl halides is 3. The van der Waals surface area contributed by atoms with Crippen LogP contribution in [0.4, 0.5) is 13.2 Å². The van der Waals surface area contributed by atoms with Crippen LogP contribution in [-0.4, -0.2) is 14.8 Å². The first-order valence-corrected chi connectivity index (χ1v) is 8.77. The van der Waals surface area contributed by atoms with Crippen LogP contribution in [0.5, 0.6) is 0 Å². The molecule has 2 aromatic carbocycles. The molecule has 0 unspecified atom stereocenters. The zero-order valence-corrected chi connectivity index (χ0v) is 15.1. The minimum Gasteiger partial charge on any atom is -0.267 e. The van der Waals surface area contributed by atoms with Gasteiger partial charge in [-0.2, -0.15) is 18.2 Å². The Morgan fingerprint density at radius 3 is 2.56 bits per heavy atom. The Hall–Kier alpha value is -2.65. The van der Waals surface area contributed by atoms with Gasteiger partial charge in [0.25, 0.3) is 5.91 Å². The fraction of sp³-hybridized carbons (Fsp3) is 0.118. The summed E-state index contributed by atoms with van der Waals surface area (Å²) in [7, 11) is 0. The van der Waals surface area contributed by atoms with Crippen LogP contribution in [0, 0.1) is 11.6 Å². The van der Waals surface area contributed by atoms with Crippen LogP contribution >= 0.6 is 11.5 Å². The number of halogens is 4. The van der Waals surface area contributed by atoms with Crippen molar-refractivity contribution < 1.29 is 29.6 Å². The van der Waals surface area contributed by atoms with Crippen LogP contribution < -0.4 is 10.5 Å². The van der Waals surface area contributed by atoms with Crippen molar-refractivity contribution in [3.8, 4) is 0 Å². The van der Waals surface area contributed by atoms with Crippen LogP contribution in [0.1, 0.15) is 21.5 Å². The van der Waals surface area contributed by atoms with Gasteiger partial charge in [0, 0.05) is 17.7 Å². The molecule has 0 saturated heterocycles. The van der Waals surface area contributed by atoms with Gasteiger partial charge in [0.15, 0.2) is 11.6 Å². The lowest BCUT2D eigenvalue weighted by atomic mass is 10.1. The number of rotatable bonds is 3. The average molecular weight is 415 g/mol. The molecule has 10 heteroatoms. The third-order valence-corrected chi connectivity index (χ3v) is 4.64. The molecule has 1 amide bonds.